The molecule has 1 fully saturated rings. The Morgan fingerprint density at radius 1 is 1.53 bits per heavy atom. The zero-order valence-corrected chi connectivity index (χ0v) is 9.14. The number of hydrogen-bond donors (Lipinski definition) is 0. The molecule has 1 saturated heterocycles. The van der Waals surface area contributed by atoms with Crippen LogP contribution in [0.1, 0.15) is 6.42 Å². The van der Waals surface area contributed by atoms with Gasteiger partial charge in [-0.3, -0.25) is 4.90 Å². The number of likely N-dealkylation sites (N-methyl/N-ethyl adjacent to an activating group) is 1. The predicted molar refractivity (Wildman–Crippen MR) is 57.3 cm³/mol. The molecule has 0 N–H and O–H groups in total. The minimum Gasteiger partial charge on any atom is -0.490 e. The normalized spacial score (nSPS) is 20.8. The van der Waals surface area contributed by atoms with Crippen molar-refractivity contribution in [1.29, 1.82) is 0 Å². The van der Waals surface area contributed by atoms with Crippen LogP contribution in [-0.4, -0.2) is 43.2 Å². The number of nitrogens with zero attached hydrogens (tertiary/aromatic N) is 2. The quantitative estimate of drug-likeness (QED) is 0.744. The van der Waals surface area contributed by atoms with Crippen LogP contribution in [0, 0.1) is 0 Å². The maximum absolute atomic E-state index is 5.62. The highest BCUT2D eigenvalue weighted by Gasteiger charge is 2.24. The summed E-state index contributed by atoms with van der Waals surface area (Å²) in [6, 6.07) is 4.25. The van der Waals surface area contributed by atoms with Crippen molar-refractivity contribution in [2.45, 2.75) is 12.5 Å². The Morgan fingerprint density at radius 2 is 2.40 bits per heavy atom. The molecule has 1 aliphatic heterocycles. The first-order chi connectivity index (χ1) is 7.29. The molecule has 1 aromatic rings. The Labute approximate surface area is 89.8 Å². The molecule has 0 radical (unpaired) electrons. The Kier molecular flexibility index (Phi) is 3.06. The van der Waals surface area contributed by atoms with Crippen LogP contribution >= 0.6 is 0 Å². The van der Waals surface area contributed by atoms with Crippen LogP contribution in [0.25, 0.3) is 0 Å². The van der Waals surface area contributed by atoms with Crippen molar-refractivity contribution in [2.24, 2.45) is 0 Å². The monoisotopic (exact) mass is 208 g/mol. The number of ether oxygens (including phenoxy) is 2. The van der Waals surface area contributed by atoms with Crippen molar-refractivity contribution < 1.29 is 9.47 Å². The molecule has 0 unspecified atom stereocenters. The Morgan fingerprint density at radius 3 is 2.87 bits per heavy atom. The number of likely N-dealkylation sites (tertiary alicyclic amines) is 1. The molecule has 0 saturated carbocycles. The second-order valence-electron chi connectivity index (χ2n) is 3.77. The van der Waals surface area contributed by atoms with Gasteiger partial charge in [0.2, 0.25) is 5.88 Å². The molecule has 1 atom stereocenters. The summed E-state index contributed by atoms with van der Waals surface area (Å²) in [5.74, 6) is 1.42. The van der Waals surface area contributed by atoms with E-state index in [1.807, 2.05) is 6.07 Å². The first-order valence-corrected chi connectivity index (χ1v) is 5.12. The summed E-state index contributed by atoms with van der Waals surface area (Å²) in [5.41, 5.74) is 0. The van der Waals surface area contributed by atoms with Crippen molar-refractivity contribution in [1.82, 2.24) is 9.88 Å². The molecular formula is C11H16N2O2. The van der Waals surface area contributed by atoms with Gasteiger partial charge >= 0.3 is 0 Å². The average molecular weight is 208 g/mol. The summed E-state index contributed by atoms with van der Waals surface area (Å²) in [4.78, 5) is 6.37. The van der Waals surface area contributed by atoms with Crippen LogP contribution in [0.3, 0.4) is 0 Å². The molecule has 82 valence electrons. The van der Waals surface area contributed by atoms with Gasteiger partial charge in [-0.1, -0.05) is 0 Å². The van der Waals surface area contributed by atoms with Gasteiger partial charge < -0.3 is 9.47 Å². The van der Waals surface area contributed by atoms with E-state index in [0.29, 0.717) is 11.9 Å². The lowest BCUT2D eigenvalue weighted by Crippen LogP contribution is -2.48. The zero-order valence-electron chi connectivity index (χ0n) is 9.14. The van der Waals surface area contributed by atoms with Gasteiger partial charge in [-0.05, 0) is 26.1 Å². The highest BCUT2D eigenvalue weighted by Crippen LogP contribution is 2.18. The number of methoxy groups -OCH3 is 1. The molecule has 15 heavy (non-hydrogen) atoms. The van der Waals surface area contributed by atoms with Crippen LogP contribution in [0.15, 0.2) is 18.3 Å². The minimum absolute atomic E-state index is 0.562. The highest BCUT2D eigenvalue weighted by atomic mass is 16.5. The topological polar surface area (TPSA) is 34.6 Å². The standard InChI is InChI=1S/C11H16N2O2/c1-13-6-5-9(13)8-15-10-3-4-11(14-2)12-7-10/h3-4,7,9H,5-6,8H2,1-2H3/t9-/m0/s1. The summed E-state index contributed by atoms with van der Waals surface area (Å²) in [6.45, 7) is 1.92. The van der Waals surface area contributed by atoms with E-state index in [2.05, 4.69) is 16.9 Å². The summed E-state index contributed by atoms with van der Waals surface area (Å²) in [6.07, 6.45) is 2.91. The van der Waals surface area contributed by atoms with Crippen LogP contribution in [0.5, 0.6) is 11.6 Å². The maximum atomic E-state index is 5.62. The second-order valence-corrected chi connectivity index (χ2v) is 3.77. The van der Waals surface area contributed by atoms with Crippen molar-refractivity contribution in [2.75, 3.05) is 27.3 Å². The summed E-state index contributed by atoms with van der Waals surface area (Å²) < 4.78 is 10.6. The van der Waals surface area contributed by atoms with Gasteiger partial charge in [-0.2, -0.15) is 0 Å². The molecular weight excluding hydrogens is 192 g/mol. The van der Waals surface area contributed by atoms with E-state index < -0.39 is 0 Å². The van der Waals surface area contributed by atoms with E-state index in [-0.39, 0.29) is 0 Å². The molecule has 1 aliphatic rings. The third-order valence-corrected chi connectivity index (χ3v) is 2.80. The fourth-order valence-corrected chi connectivity index (χ4v) is 1.55. The summed E-state index contributed by atoms with van der Waals surface area (Å²) >= 11 is 0. The molecule has 2 rings (SSSR count). The Bertz CT molecular complexity index is 313. The lowest BCUT2D eigenvalue weighted by atomic mass is 10.1. The number of rotatable bonds is 4. The second kappa shape index (κ2) is 4.49. The van der Waals surface area contributed by atoms with E-state index in [4.69, 9.17) is 9.47 Å². The Hall–Kier alpha value is -1.29. The minimum atomic E-state index is 0.562. The third kappa shape index (κ3) is 2.39. The third-order valence-electron chi connectivity index (χ3n) is 2.80. The van der Waals surface area contributed by atoms with Gasteiger partial charge in [0.15, 0.2) is 0 Å². The summed E-state index contributed by atoms with van der Waals surface area (Å²) in [7, 11) is 3.72. The first kappa shape index (κ1) is 10.2. The van der Waals surface area contributed by atoms with Crippen molar-refractivity contribution in [3.05, 3.63) is 18.3 Å². The smallest absolute Gasteiger partial charge is 0.213 e. The molecule has 0 aliphatic carbocycles. The van der Waals surface area contributed by atoms with Gasteiger partial charge in [-0.15, -0.1) is 0 Å². The number of hydrogen-bond acceptors (Lipinski definition) is 4. The highest BCUT2D eigenvalue weighted by molar-refractivity contribution is 5.22. The molecule has 4 heteroatoms. The predicted octanol–water partition coefficient (Wildman–Crippen LogP) is 1.17. The number of pyridine rings is 1. The number of aromatic nitrogens is 1. The van der Waals surface area contributed by atoms with Crippen molar-refractivity contribution in [3.63, 3.8) is 0 Å². The lowest BCUT2D eigenvalue weighted by molar-refractivity contribution is 0.0767. The van der Waals surface area contributed by atoms with Crippen molar-refractivity contribution in [3.8, 4) is 11.6 Å². The van der Waals surface area contributed by atoms with Gasteiger partial charge in [0, 0.05) is 12.1 Å². The summed E-state index contributed by atoms with van der Waals surface area (Å²) in [5, 5.41) is 0. The molecule has 0 aromatic carbocycles. The molecule has 0 bridgehead atoms. The van der Waals surface area contributed by atoms with Gasteiger partial charge in [0.05, 0.1) is 13.3 Å². The van der Waals surface area contributed by atoms with Crippen molar-refractivity contribution >= 4 is 0 Å². The van der Waals surface area contributed by atoms with Crippen LogP contribution in [-0.2, 0) is 0 Å². The Balaban J connectivity index is 1.82. The van der Waals surface area contributed by atoms with Crippen LogP contribution in [0.4, 0.5) is 0 Å². The SMILES string of the molecule is COc1ccc(OC[C@@H]2CCN2C)cn1. The van der Waals surface area contributed by atoms with Crippen LogP contribution < -0.4 is 9.47 Å². The maximum Gasteiger partial charge on any atom is 0.213 e. The lowest BCUT2D eigenvalue weighted by Gasteiger charge is -2.37. The molecule has 0 amide bonds. The van der Waals surface area contributed by atoms with Gasteiger partial charge in [0.1, 0.15) is 12.4 Å². The molecule has 2 heterocycles. The van der Waals surface area contributed by atoms with E-state index in [1.54, 1.807) is 19.4 Å². The van der Waals surface area contributed by atoms with Crippen LogP contribution in [0.2, 0.25) is 0 Å². The first-order valence-electron chi connectivity index (χ1n) is 5.12. The van der Waals surface area contributed by atoms with Gasteiger partial charge in [0.25, 0.3) is 0 Å². The fraction of sp³-hybridized carbons (Fsp3) is 0.545. The largest absolute Gasteiger partial charge is 0.490 e. The van der Waals surface area contributed by atoms with E-state index in [9.17, 15) is 0 Å². The van der Waals surface area contributed by atoms with E-state index >= 15 is 0 Å². The molecule has 1 aromatic heterocycles. The average Bonchev–Trinajstić information content (AvgIpc) is 2.28. The zero-order chi connectivity index (χ0) is 10.7. The fourth-order valence-electron chi connectivity index (χ4n) is 1.55. The molecule has 0 spiro atoms. The van der Waals surface area contributed by atoms with E-state index in [1.165, 1.54) is 13.0 Å². The molecule has 4 nitrogen and oxygen atoms in total. The van der Waals surface area contributed by atoms with E-state index in [0.717, 1.165) is 12.4 Å². The van der Waals surface area contributed by atoms with Gasteiger partial charge in [-0.25, -0.2) is 4.98 Å².